The second-order valence-electron chi connectivity index (χ2n) is 2.19. The van der Waals surface area contributed by atoms with E-state index in [4.69, 9.17) is 10.8 Å². The number of aliphatic hydroxyl groups excluding tert-OH is 1. The van der Waals surface area contributed by atoms with Crippen LogP contribution in [-0.2, 0) is 4.79 Å². The number of amides is 1. The lowest BCUT2D eigenvalue weighted by Crippen LogP contribution is -2.31. The summed E-state index contributed by atoms with van der Waals surface area (Å²) in [4.78, 5) is 12.5. The van der Waals surface area contributed by atoms with Crippen molar-refractivity contribution in [2.45, 2.75) is 6.42 Å². The normalized spacial score (nSPS) is 9.27. The van der Waals surface area contributed by atoms with Crippen molar-refractivity contribution in [3.05, 3.63) is 0 Å². The second-order valence-corrected chi connectivity index (χ2v) is 2.71. The largest absolute Gasteiger partial charge is 0.393 e. The minimum Gasteiger partial charge on any atom is -0.393 e. The van der Waals surface area contributed by atoms with Crippen LogP contribution in [0.15, 0.2) is 0 Å². The van der Waals surface area contributed by atoms with Crippen LogP contribution in [0.3, 0.4) is 0 Å². The first-order valence-corrected chi connectivity index (χ1v) is 3.62. The average Bonchev–Trinajstić information content (AvgIpc) is 1.98. The van der Waals surface area contributed by atoms with Crippen molar-refractivity contribution in [3.8, 4) is 0 Å². The highest BCUT2D eigenvalue weighted by molar-refractivity contribution is 7.80. The van der Waals surface area contributed by atoms with Gasteiger partial charge in [-0.25, -0.2) is 0 Å². The fourth-order valence-corrected chi connectivity index (χ4v) is 0.615. The van der Waals surface area contributed by atoms with Crippen LogP contribution in [0.5, 0.6) is 0 Å². The Morgan fingerprint density at radius 3 is 2.64 bits per heavy atom. The fraction of sp³-hybridized carbons (Fsp3) is 0.667. The highest BCUT2D eigenvalue weighted by atomic mass is 32.1. The quantitative estimate of drug-likeness (QED) is 0.545. The number of carbonyl (C=O) groups excluding carboxylic acids is 1. The molecule has 64 valence electrons. The Labute approximate surface area is 71.0 Å². The highest BCUT2D eigenvalue weighted by Gasteiger charge is 2.05. The molecule has 0 aromatic heterocycles. The van der Waals surface area contributed by atoms with Crippen molar-refractivity contribution in [1.82, 2.24) is 4.90 Å². The molecule has 0 unspecified atom stereocenters. The standard InChI is InChI=1S/C6H12N2O2S/c1-8(6(10)4-9)3-2-5(7)11/h9H,2-4H2,1H3,(H2,7,11). The first kappa shape index (κ1) is 10.3. The summed E-state index contributed by atoms with van der Waals surface area (Å²) < 4.78 is 0. The van der Waals surface area contributed by atoms with Crippen LogP contribution in [0.25, 0.3) is 0 Å². The third-order valence-corrected chi connectivity index (χ3v) is 1.46. The van der Waals surface area contributed by atoms with Gasteiger partial charge in [-0.15, -0.1) is 0 Å². The smallest absolute Gasteiger partial charge is 0.248 e. The maximum Gasteiger partial charge on any atom is 0.248 e. The summed E-state index contributed by atoms with van der Waals surface area (Å²) in [6.45, 7) is 0.00254. The topological polar surface area (TPSA) is 66.6 Å². The molecule has 0 saturated heterocycles. The Balaban J connectivity index is 3.60. The summed E-state index contributed by atoms with van der Waals surface area (Å²) in [6, 6.07) is 0. The molecule has 0 aliphatic heterocycles. The zero-order valence-corrected chi connectivity index (χ0v) is 7.23. The van der Waals surface area contributed by atoms with Crippen LogP contribution in [0.1, 0.15) is 6.42 Å². The first-order valence-electron chi connectivity index (χ1n) is 3.21. The van der Waals surface area contributed by atoms with E-state index < -0.39 is 6.61 Å². The molecule has 0 fully saturated rings. The summed E-state index contributed by atoms with van der Waals surface area (Å²) >= 11 is 4.61. The Morgan fingerprint density at radius 1 is 1.73 bits per heavy atom. The predicted molar refractivity (Wildman–Crippen MR) is 46.1 cm³/mol. The van der Waals surface area contributed by atoms with E-state index in [1.165, 1.54) is 4.90 Å². The maximum atomic E-state index is 10.7. The van der Waals surface area contributed by atoms with E-state index in [1.54, 1.807) is 7.05 Å². The third-order valence-electron chi connectivity index (χ3n) is 1.25. The van der Waals surface area contributed by atoms with E-state index >= 15 is 0 Å². The van der Waals surface area contributed by atoms with E-state index in [9.17, 15) is 4.79 Å². The van der Waals surface area contributed by atoms with Crippen LogP contribution >= 0.6 is 12.2 Å². The van der Waals surface area contributed by atoms with E-state index in [-0.39, 0.29) is 5.91 Å². The minimum absolute atomic E-state index is 0.318. The molecule has 0 aromatic carbocycles. The van der Waals surface area contributed by atoms with E-state index in [2.05, 4.69) is 12.2 Å². The van der Waals surface area contributed by atoms with Gasteiger partial charge in [0.2, 0.25) is 5.91 Å². The Bertz CT molecular complexity index is 161. The van der Waals surface area contributed by atoms with Crippen molar-refractivity contribution in [2.75, 3.05) is 20.2 Å². The van der Waals surface area contributed by atoms with Crippen LogP contribution in [0.2, 0.25) is 0 Å². The number of carbonyl (C=O) groups is 1. The van der Waals surface area contributed by atoms with Crippen LogP contribution in [0.4, 0.5) is 0 Å². The van der Waals surface area contributed by atoms with Gasteiger partial charge in [-0.3, -0.25) is 4.79 Å². The van der Waals surface area contributed by atoms with Crippen LogP contribution in [-0.4, -0.2) is 41.1 Å². The van der Waals surface area contributed by atoms with Gasteiger partial charge in [0.25, 0.3) is 0 Å². The second kappa shape index (κ2) is 5.03. The van der Waals surface area contributed by atoms with Gasteiger partial charge in [0.15, 0.2) is 0 Å². The molecule has 5 heteroatoms. The molecular weight excluding hydrogens is 164 g/mol. The molecule has 0 aromatic rings. The number of nitrogens with zero attached hydrogens (tertiary/aromatic N) is 1. The van der Waals surface area contributed by atoms with Crippen molar-refractivity contribution in [2.24, 2.45) is 5.73 Å². The third kappa shape index (κ3) is 4.69. The molecule has 0 radical (unpaired) electrons. The van der Waals surface area contributed by atoms with Crippen LogP contribution < -0.4 is 5.73 Å². The highest BCUT2D eigenvalue weighted by Crippen LogP contribution is 1.88. The molecular formula is C6H12N2O2S. The lowest BCUT2D eigenvalue weighted by molar-refractivity contribution is -0.132. The zero-order chi connectivity index (χ0) is 8.85. The zero-order valence-electron chi connectivity index (χ0n) is 6.41. The Morgan fingerprint density at radius 2 is 2.27 bits per heavy atom. The Kier molecular flexibility index (Phi) is 4.72. The lowest BCUT2D eigenvalue weighted by Gasteiger charge is -2.14. The number of aliphatic hydroxyl groups is 1. The van der Waals surface area contributed by atoms with Gasteiger partial charge in [0.05, 0.1) is 4.99 Å². The summed E-state index contributed by atoms with van der Waals surface area (Å²) in [7, 11) is 1.59. The lowest BCUT2D eigenvalue weighted by atomic mass is 10.4. The number of hydrogen-bond acceptors (Lipinski definition) is 3. The molecule has 11 heavy (non-hydrogen) atoms. The molecule has 0 atom stereocenters. The van der Waals surface area contributed by atoms with E-state index in [0.29, 0.717) is 18.0 Å². The predicted octanol–water partition coefficient (Wildman–Crippen LogP) is -0.887. The molecule has 0 saturated carbocycles. The number of hydrogen-bond donors (Lipinski definition) is 2. The van der Waals surface area contributed by atoms with Crippen LogP contribution in [0, 0.1) is 0 Å². The maximum absolute atomic E-state index is 10.7. The molecule has 0 rings (SSSR count). The Hall–Kier alpha value is -0.680. The van der Waals surface area contributed by atoms with Gasteiger partial charge < -0.3 is 15.7 Å². The average molecular weight is 176 g/mol. The molecule has 0 aliphatic carbocycles. The van der Waals surface area contributed by atoms with Gasteiger partial charge in [-0.05, 0) is 0 Å². The minimum atomic E-state index is -0.464. The van der Waals surface area contributed by atoms with Gasteiger partial charge in [0, 0.05) is 20.0 Å². The van der Waals surface area contributed by atoms with E-state index in [0.717, 1.165) is 0 Å². The summed E-state index contributed by atoms with van der Waals surface area (Å²) in [6.07, 6.45) is 0.498. The van der Waals surface area contributed by atoms with Crippen molar-refractivity contribution in [3.63, 3.8) is 0 Å². The molecule has 4 nitrogen and oxygen atoms in total. The van der Waals surface area contributed by atoms with Gasteiger partial charge in [-0.2, -0.15) is 0 Å². The van der Waals surface area contributed by atoms with Crippen molar-refractivity contribution in [1.29, 1.82) is 0 Å². The van der Waals surface area contributed by atoms with Gasteiger partial charge in [-0.1, -0.05) is 12.2 Å². The summed E-state index contributed by atoms with van der Waals surface area (Å²) in [5, 5.41) is 8.42. The van der Waals surface area contributed by atoms with Gasteiger partial charge >= 0.3 is 0 Å². The molecule has 0 heterocycles. The first-order chi connectivity index (χ1) is 5.07. The molecule has 0 bridgehead atoms. The molecule has 3 N–H and O–H groups in total. The monoisotopic (exact) mass is 176 g/mol. The number of rotatable bonds is 4. The van der Waals surface area contributed by atoms with Crippen molar-refractivity contribution >= 4 is 23.1 Å². The SMILES string of the molecule is CN(CCC(N)=S)C(=O)CO. The summed E-state index contributed by atoms with van der Waals surface area (Å²) in [5.74, 6) is -0.318. The van der Waals surface area contributed by atoms with Crippen molar-refractivity contribution < 1.29 is 9.90 Å². The van der Waals surface area contributed by atoms with E-state index in [1.807, 2.05) is 0 Å². The molecule has 0 spiro atoms. The fourth-order valence-electron chi connectivity index (χ4n) is 0.523. The number of likely N-dealkylation sites (N-methyl/N-ethyl adjacent to an activating group) is 1. The number of thiocarbonyl (C=S) groups is 1. The van der Waals surface area contributed by atoms with Gasteiger partial charge in [0.1, 0.15) is 6.61 Å². The molecule has 0 aliphatic rings. The summed E-state index contributed by atoms with van der Waals surface area (Å²) in [5.41, 5.74) is 5.21. The molecule has 1 amide bonds. The number of nitrogens with two attached hydrogens (primary N) is 1.